The zero-order valence-corrected chi connectivity index (χ0v) is 13.3. The number of nitro benzene ring substituents is 1. The molecule has 0 saturated carbocycles. The highest BCUT2D eigenvalue weighted by Crippen LogP contribution is 2.40. The number of nitrogens with zero attached hydrogens (tertiary/aromatic N) is 2. The molecule has 2 rings (SSSR count). The fourth-order valence-corrected chi connectivity index (χ4v) is 2.42. The second kappa shape index (κ2) is 6.79. The maximum absolute atomic E-state index is 11.1. The zero-order valence-electron chi connectivity index (χ0n) is 13.3. The molecule has 1 aromatic carbocycles. The van der Waals surface area contributed by atoms with Crippen LogP contribution >= 0.6 is 0 Å². The number of ether oxygens (including phenoxy) is 1. The van der Waals surface area contributed by atoms with Crippen LogP contribution in [0, 0.1) is 16.0 Å². The van der Waals surface area contributed by atoms with E-state index in [2.05, 4.69) is 18.0 Å². The molecule has 1 aliphatic rings. The van der Waals surface area contributed by atoms with Gasteiger partial charge in [-0.1, -0.05) is 19.9 Å². The lowest BCUT2D eigenvalue weighted by Gasteiger charge is -2.24. The number of hydrogen-bond acceptors (Lipinski definition) is 5. The summed E-state index contributed by atoms with van der Waals surface area (Å²) in [6.07, 6.45) is 3.01. The van der Waals surface area contributed by atoms with Crippen molar-refractivity contribution in [1.29, 1.82) is 0 Å². The van der Waals surface area contributed by atoms with Crippen molar-refractivity contribution >= 4 is 16.9 Å². The van der Waals surface area contributed by atoms with Gasteiger partial charge in [0.1, 0.15) is 0 Å². The van der Waals surface area contributed by atoms with Crippen molar-refractivity contribution in [3.63, 3.8) is 0 Å². The Morgan fingerprint density at radius 1 is 1.45 bits per heavy atom. The van der Waals surface area contributed by atoms with Gasteiger partial charge >= 0.3 is 0 Å². The number of nitrogen functional groups attached to an aromatic ring is 1. The summed E-state index contributed by atoms with van der Waals surface area (Å²) in [7, 11) is 2.06. The van der Waals surface area contributed by atoms with E-state index in [-0.39, 0.29) is 11.4 Å². The average Bonchev–Trinajstić information content (AvgIpc) is 2.46. The fraction of sp³-hybridized carbons (Fsp3) is 0.500. The van der Waals surface area contributed by atoms with E-state index in [0.29, 0.717) is 18.3 Å². The van der Waals surface area contributed by atoms with Crippen LogP contribution in [0.1, 0.15) is 25.8 Å². The number of nitro groups is 1. The molecule has 22 heavy (non-hydrogen) atoms. The Labute approximate surface area is 130 Å². The number of benzene rings is 1. The Kier molecular flexibility index (Phi) is 5.03. The highest BCUT2D eigenvalue weighted by atomic mass is 16.6. The summed E-state index contributed by atoms with van der Waals surface area (Å²) in [6.45, 7) is 6.35. The van der Waals surface area contributed by atoms with Crippen LogP contribution in [0.3, 0.4) is 0 Å². The number of likely N-dealkylation sites (N-methyl/N-ethyl adjacent to an activating group) is 1. The van der Waals surface area contributed by atoms with Crippen LogP contribution < -0.4 is 10.5 Å². The zero-order chi connectivity index (χ0) is 16.3. The van der Waals surface area contributed by atoms with Crippen molar-refractivity contribution < 1.29 is 9.66 Å². The van der Waals surface area contributed by atoms with Crippen molar-refractivity contribution in [2.75, 3.05) is 32.5 Å². The molecule has 0 spiro atoms. The lowest BCUT2D eigenvalue weighted by atomic mass is 9.97. The molecule has 6 nitrogen and oxygen atoms in total. The van der Waals surface area contributed by atoms with Crippen molar-refractivity contribution in [2.24, 2.45) is 5.92 Å². The normalized spacial score (nSPS) is 15.7. The van der Waals surface area contributed by atoms with Gasteiger partial charge in [0.15, 0.2) is 11.4 Å². The third kappa shape index (κ3) is 3.57. The molecule has 0 radical (unpaired) electrons. The number of hydrogen-bond donors (Lipinski definition) is 1. The van der Waals surface area contributed by atoms with Gasteiger partial charge in [-0.15, -0.1) is 0 Å². The Morgan fingerprint density at radius 3 is 2.73 bits per heavy atom. The minimum absolute atomic E-state index is 0.101. The van der Waals surface area contributed by atoms with Gasteiger partial charge in [0.05, 0.1) is 11.5 Å². The first-order chi connectivity index (χ1) is 10.4. The summed E-state index contributed by atoms with van der Waals surface area (Å²) in [4.78, 5) is 12.8. The number of rotatable bonds is 5. The fourth-order valence-electron chi connectivity index (χ4n) is 2.42. The molecule has 0 unspecified atom stereocenters. The first kappa shape index (κ1) is 16.3. The van der Waals surface area contributed by atoms with Crippen LogP contribution in [0.5, 0.6) is 5.75 Å². The first-order valence-corrected chi connectivity index (χ1v) is 7.47. The van der Waals surface area contributed by atoms with Crippen LogP contribution in [-0.2, 0) is 0 Å². The van der Waals surface area contributed by atoms with Crippen molar-refractivity contribution in [3.05, 3.63) is 33.9 Å². The highest BCUT2D eigenvalue weighted by molar-refractivity contribution is 5.81. The molecule has 1 aromatic rings. The summed E-state index contributed by atoms with van der Waals surface area (Å²) in [5, 5.41) is 11.1. The van der Waals surface area contributed by atoms with Crippen molar-refractivity contribution in [2.45, 2.75) is 20.3 Å². The van der Waals surface area contributed by atoms with Crippen LogP contribution in [0.15, 0.2) is 18.2 Å². The average molecular weight is 305 g/mol. The topological polar surface area (TPSA) is 81.6 Å². The highest BCUT2D eigenvalue weighted by Gasteiger charge is 2.23. The second-order valence-electron chi connectivity index (χ2n) is 6.08. The molecular weight excluding hydrogens is 282 g/mol. The molecule has 0 aromatic heterocycles. The van der Waals surface area contributed by atoms with Gasteiger partial charge in [0.2, 0.25) is 0 Å². The van der Waals surface area contributed by atoms with Gasteiger partial charge in [-0.25, -0.2) is 0 Å². The molecule has 120 valence electrons. The predicted molar refractivity (Wildman–Crippen MR) is 87.9 cm³/mol. The minimum Gasteiger partial charge on any atom is -0.490 e. The molecule has 0 fully saturated rings. The Hall–Kier alpha value is -2.08. The summed E-state index contributed by atoms with van der Waals surface area (Å²) in [5.74, 6) is 0.761. The van der Waals surface area contributed by atoms with Crippen molar-refractivity contribution in [3.8, 4) is 5.75 Å². The van der Waals surface area contributed by atoms with Gasteiger partial charge in [-0.3, -0.25) is 10.1 Å². The van der Waals surface area contributed by atoms with Crippen LogP contribution in [0.2, 0.25) is 0 Å². The molecule has 1 aliphatic heterocycles. The second-order valence-corrected chi connectivity index (χ2v) is 6.08. The van der Waals surface area contributed by atoms with Crippen LogP contribution in [0.25, 0.3) is 5.57 Å². The van der Waals surface area contributed by atoms with E-state index in [1.165, 1.54) is 6.07 Å². The van der Waals surface area contributed by atoms with Gasteiger partial charge in [-0.05, 0) is 31.0 Å². The SMILES string of the molecule is CC(C)COc1c(C2=CCN(C)CC2)ccc([N+](=O)[O-])c1N. The third-order valence-electron chi connectivity index (χ3n) is 3.69. The van der Waals surface area contributed by atoms with Gasteiger partial charge in [0, 0.05) is 24.7 Å². The number of anilines is 1. The quantitative estimate of drug-likeness (QED) is 0.514. The molecule has 2 N–H and O–H groups in total. The lowest BCUT2D eigenvalue weighted by molar-refractivity contribution is -0.384. The van der Waals surface area contributed by atoms with Crippen LogP contribution in [-0.4, -0.2) is 36.6 Å². The van der Waals surface area contributed by atoms with Gasteiger partial charge < -0.3 is 15.4 Å². The molecule has 0 atom stereocenters. The molecule has 0 amide bonds. The Bertz CT molecular complexity index is 597. The molecular formula is C16H23N3O3. The van der Waals surface area contributed by atoms with Crippen molar-refractivity contribution in [1.82, 2.24) is 4.90 Å². The molecule has 0 bridgehead atoms. The van der Waals surface area contributed by atoms with Gasteiger partial charge in [0.25, 0.3) is 5.69 Å². The van der Waals surface area contributed by atoms with E-state index in [9.17, 15) is 10.1 Å². The van der Waals surface area contributed by atoms with Gasteiger partial charge in [-0.2, -0.15) is 0 Å². The van der Waals surface area contributed by atoms with E-state index in [1.54, 1.807) is 6.07 Å². The summed E-state index contributed by atoms with van der Waals surface area (Å²) in [5.41, 5.74) is 8.02. The molecule has 0 saturated heterocycles. The Morgan fingerprint density at radius 2 is 2.18 bits per heavy atom. The number of nitrogens with two attached hydrogens (primary N) is 1. The first-order valence-electron chi connectivity index (χ1n) is 7.47. The minimum atomic E-state index is -0.468. The molecule has 6 heteroatoms. The smallest absolute Gasteiger partial charge is 0.295 e. The third-order valence-corrected chi connectivity index (χ3v) is 3.69. The molecule has 0 aliphatic carbocycles. The predicted octanol–water partition coefficient (Wildman–Crippen LogP) is 2.93. The summed E-state index contributed by atoms with van der Waals surface area (Å²) >= 11 is 0. The van der Waals surface area contributed by atoms with E-state index in [1.807, 2.05) is 13.8 Å². The largest absolute Gasteiger partial charge is 0.490 e. The molecule has 1 heterocycles. The standard InChI is InChI=1S/C16H23N3O3/c1-11(2)10-22-16-13(12-6-8-18(3)9-7-12)4-5-14(15(16)17)19(20)21/h4-6,11H,7-10,17H2,1-3H3. The maximum Gasteiger partial charge on any atom is 0.295 e. The lowest BCUT2D eigenvalue weighted by Crippen LogP contribution is -2.24. The van der Waals surface area contributed by atoms with E-state index < -0.39 is 4.92 Å². The monoisotopic (exact) mass is 305 g/mol. The maximum atomic E-state index is 11.1. The van der Waals surface area contributed by atoms with E-state index in [0.717, 1.165) is 30.6 Å². The summed E-state index contributed by atoms with van der Waals surface area (Å²) < 4.78 is 5.82. The summed E-state index contributed by atoms with van der Waals surface area (Å²) in [6, 6.07) is 3.22. The Balaban J connectivity index is 2.43. The van der Waals surface area contributed by atoms with E-state index in [4.69, 9.17) is 10.5 Å². The van der Waals surface area contributed by atoms with E-state index >= 15 is 0 Å². The van der Waals surface area contributed by atoms with Crippen LogP contribution in [0.4, 0.5) is 11.4 Å².